The van der Waals surface area contributed by atoms with Crippen LogP contribution in [-0.4, -0.2) is 11.1 Å². The molecule has 0 fully saturated rings. The van der Waals surface area contributed by atoms with Crippen molar-refractivity contribution in [3.63, 3.8) is 0 Å². The Bertz CT molecular complexity index is 847. The van der Waals surface area contributed by atoms with Gasteiger partial charge in [0.05, 0.1) is 12.2 Å². The van der Waals surface area contributed by atoms with Gasteiger partial charge in [0.15, 0.2) is 0 Å². The number of hydrogen-bond donors (Lipinski definition) is 1. The third kappa shape index (κ3) is 2.98. The lowest BCUT2D eigenvalue weighted by molar-refractivity contribution is 0.0472. The van der Waals surface area contributed by atoms with Crippen LogP contribution in [0.15, 0.2) is 46.9 Å². The summed E-state index contributed by atoms with van der Waals surface area (Å²) >= 11 is 0. The van der Waals surface area contributed by atoms with Crippen LogP contribution in [0.1, 0.15) is 32.8 Å². The second-order valence-electron chi connectivity index (χ2n) is 5.52. The zero-order valence-electron chi connectivity index (χ0n) is 13.1. The van der Waals surface area contributed by atoms with Gasteiger partial charge in [0.1, 0.15) is 18.0 Å². The molecule has 3 rings (SSSR count). The topological polar surface area (TPSA) is 59.7 Å². The molecule has 0 aliphatic heterocycles. The molecule has 118 valence electrons. The number of aliphatic hydroxyl groups is 1. The molecule has 3 aromatic rings. The fraction of sp³-hybridized carbons (Fsp3) is 0.211. The van der Waals surface area contributed by atoms with E-state index in [0.717, 1.165) is 16.7 Å². The Morgan fingerprint density at radius 3 is 2.61 bits per heavy atom. The minimum absolute atomic E-state index is 0.185. The number of ether oxygens (including phenoxy) is 1. The first-order valence-electron chi connectivity index (χ1n) is 7.44. The van der Waals surface area contributed by atoms with E-state index in [-0.39, 0.29) is 13.2 Å². The number of fused-ring (bicyclic) bond motifs is 1. The minimum atomic E-state index is -0.401. The van der Waals surface area contributed by atoms with E-state index in [9.17, 15) is 9.90 Å². The molecule has 0 spiro atoms. The zero-order valence-corrected chi connectivity index (χ0v) is 13.1. The molecule has 0 saturated carbocycles. The van der Waals surface area contributed by atoms with Crippen molar-refractivity contribution >= 4 is 16.9 Å². The number of carbonyl (C=O) groups is 1. The summed E-state index contributed by atoms with van der Waals surface area (Å²) in [5, 5.41) is 10.4. The van der Waals surface area contributed by atoms with Gasteiger partial charge in [-0.05, 0) is 37.1 Å². The maximum Gasteiger partial charge on any atom is 0.338 e. The Kier molecular flexibility index (Phi) is 4.17. The molecule has 0 aliphatic carbocycles. The third-order valence-corrected chi connectivity index (χ3v) is 3.91. The first-order valence-corrected chi connectivity index (χ1v) is 7.44. The van der Waals surface area contributed by atoms with Crippen molar-refractivity contribution in [1.29, 1.82) is 0 Å². The molecule has 2 aromatic carbocycles. The number of rotatable bonds is 4. The van der Waals surface area contributed by atoms with Gasteiger partial charge in [0.25, 0.3) is 0 Å². The zero-order chi connectivity index (χ0) is 16.4. The Morgan fingerprint density at radius 1 is 1.17 bits per heavy atom. The van der Waals surface area contributed by atoms with E-state index in [1.165, 1.54) is 0 Å². The van der Waals surface area contributed by atoms with Crippen LogP contribution in [0.25, 0.3) is 11.0 Å². The monoisotopic (exact) mass is 310 g/mol. The summed E-state index contributed by atoms with van der Waals surface area (Å²) in [7, 11) is 0. The first-order chi connectivity index (χ1) is 11.1. The lowest BCUT2D eigenvalue weighted by Gasteiger charge is -2.11. The van der Waals surface area contributed by atoms with Crippen LogP contribution < -0.4 is 0 Å². The molecule has 1 aromatic heterocycles. The maximum absolute atomic E-state index is 12.4. The van der Waals surface area contributed by atoms with Gasteiger partial charge in [-0.3, -0.25) is 0 Å². The number of carbonyl (C=O) groups excluding carboxylic acids is 1. The number of esters is 1. The molecule has 0 bridgehead atoms. The predicted octanol–water partition coefficient (Wildman–Crippen LogP) is 3.90. The highest BCUT2D eigenvalue weighted by Gasteiger charge is 2.18. The van der Waals surface area contributed by atoms with E-state index in [4.69, 9.17) is 9.15 Å². The van der Waals surface area contributed by atoms with Crippen molar-refractivity contribution < 1.29 is 19.1 Å². The molecule has 23 heavy (non-hydrogen) atoms. The number of aryl methyl sites for hydroxylation is 1. The predicted molar refractivity (Wildman–Crippen MR) is 87.2 cm³/mol. The third-order valence-electron chi connectivity index (χ3n) is 3.91. The molecule has 0 radical (unpaired) electrons. The Hall–Kier alpha value is -2.59. The second-order valence-corrected chi connectivity index (χ2v) is 5.52. The normalized spacial score (nSPS) is 10.9. The Balaban J connectivity index is 1.92. The summed E-state index contributed by atoms with van der Waals surface area (Å²) < 4.78 is 11.0. The lowest BCUT2D eigenvalue weighted by Crippen LogP contribution is -2.09. The van der Waals surface area contributed by atoms with Crippen molar-refractivity contribution in [2.75, 3.05) is 0 Å². The molecule has 0 saturated heterocycles. The minimum Gasteiger partial charge on any atom is -0.461 e. The van der Waals surface area contributed by atoms with Crippen molar-refractivity contribution in [2.45, 2.75) is 27.1 Å². The van der Waals surface area contributed by atoms with Crippen LogP contribution >= 0.6 is 0 Å². The first kappa shape index (κ1) is 15.3. The van der Waals surface area contributed by atoms with Gasteiger partial charge in [-0.15, -0.1) is 0 Å². The molecular formula is C19H18O4. The number of hydrogen-bond acceptors (Lipinski definition) is 4. The fourth-order valence-electron chi connectivity index (χ4n) is 2.68. The van der Waals surface area contributed by atoms with E-state index in [1.54, 1.807) is 13.0 Å². The van der Waals surface area contributed by atoms with Gasteiger partial charge in [0, 0.05) is 10.9 Å². The van der Waals surface area contributed by atoms with Crippen LogP contribution in [0, 0.1) is 13.8 Å². The number of benzene rings is 2. The van der Waals surface area contributed by atoms with Crippen molar-refractivity contribution in [1.82, 2.24) is 0 Å². The highest BCUT2D eigenvalue weighted by molar-refractivity contribution is 5.97. The van der Waals surface area contributed by atoms with E-state index in [1.807, 2.05) is 43.3 Å². The molecule has 0 aliphatic rings. The SMILES string of the molecule is Cc1cc2cc(C(=O)OCc3ccccc3)c(C)c(CO)c2o1. The molecule has 4 heteroatoms. The van der Waals surface area contributed by atoms with Gasteiger partial charge in [0.2, 0.25) is 0 Å². The van der Waals surface area contributed by atoms with E-state index in [2.05, 4.69) is 0 Å². The van der Waals surface area contributed by atoms with Gasteiger partial charge >= 0.3 is 5.97 Å². The standard InChI is InChI=1S/C19H18O4/c1-12-8-15-9-16(13(2)17(10-20)18(15)23-12)19(21)22-11-14-6-4-3-5-7-14/h3-9,20H,10-11H2,1-2H3. The number of furan rings is 1. The second kappa shape index (κ2) is 6.26. The van der Waals surface area contributed by atoms with Crippen LogP contribution in [0.2, 0.25) is 0 Å². The van der Waals surface area contributed by atoms with Crippen molar-refractivity contribution in [2.24, 2.45) is 0 Å². The summed E-state index contributed by atoms with van der Waals surface area (Å²) in [6.45, 7) is 3.66. The average Bonchev–Trinajstić information content (AvgIpc) is 2.93. The van der Waals surface area contributed by atoms with Crippen molar-refractivity contribution in [3.05, 3.63) is 70.5 Å². The highest BCUT2D eigenvalue weighted by atomic mass is 16.5. The summed E-state index contributed by atoms with van der Waals surface area (Å²) in [6.07, 6.45) is 0. The lowest BCUT2D eigenvalue weighted by atomic mass is 10.00. The molecule has 4 nitrogen and oxygen atoms in total. The number of aliphatic hydroxyl groups excluding tert-OH is 1. The van der Waals surface area contributed by atoms with Gasteiger partial charge < -0.3 is 14.3 Å². The molecule has 0 atom stereocenters. The summed E-state index contributed by atoms with van der Waals surface area (Å²) in [5.41, 5.74) is 3.33. The Morgan fingerprint density at radius 2 is 1.91 bits per heavy atom. The highest BCUT2D eigenvalue weighted by Crippen LogP contribution is 2.29. The largest absolute Gasteiger partial charge is 0.461 e. The van der Waals surface area contributed by atoms with E-state index in [0.29, 0.717) is 22.3 Å². The fourth-order valence-corrected chi connectivity index (χ4v) is 2.68. The summed E-state index contributed by atoms with van der Waals surface area (Å²) in [6, 6.07) is 13.1. The van der Waals surface area contributed by atoms with Gasteiger partial charge in [-0.2, -0.15) is 0 Å². The quantitative estimate of drug-likeness (QED) is 0.742. The molecule has 0 unspecified atom stereocenters. The van der Waals surface area contributed by atoms with Crippen molar-refractivity contribution in [3.8, 4) is 0 Å². The van der Waals surface area contributed by atoms with Crippen LogP contribution in [-0.2, 0) is 18.0 Å². The average molecular weight is 310 g/mol. The summed E-state index contributed by atoms with van der Waals surface area (Å²) in [4.78, 5) is 12.4. The van der Waals surface area contributed by atoms with E-state index < -0.39 is 5.97 Å². The summed E-state index contributed by atoms with van der Waals surface area (Å²) in [5.74, 6) is 0.339. The van der Waals surface area contributed by atoms with Crippen LogP contribution in [0.3, 0.4) is 0 Å². The van der Waals surface area contributed by atoms with Crippen LogP contribution in [0.5, 0.6) is 0 Å². The molecule has 1 N–H and O–H groups in total. The molecular weight excluding hydrogens is 292 g/mol. The van der Waals surface area contributed by atoms with E-state index >= 15 is 0 Å². The molecule has 0 amide bonds. The Labute approximate surface area is 134 Å². The molecule has 1 heterocycles. The van der Waals surface area contributed by atoms with Gasteiger partial charge in [-0.1, -0.05) is 30.3 Å². The smallest absolute Gasteiger partial charge is 0.338 e. The van der Waals surface area contributed by atoms with Gasteiger partial charge in [-0.25, -0.2) is 4.79 Å². The maximum atomic E-state index is 12.4. The van der Waals surface area contributed by atoms with Crippen LogP contribution in [0.4, 0.5) is 0 Å².